The maximum atomic E-state index is 3.93. The third-order valence-electron chi connectivity index (χ3n) is 7.61. The quantitative estimate of drug-likeness (QED) is 0.276. The summed E-state index contributed by atoms with van der Waals surface area (Å²) in [7, 11) is 0. The number of fused-ring (bicyclic) bond motifs is 3. The molecule has 0 aromatic heterocycles. The fraction of sp³-hybridized carbons (Fsp3) is 0.333. The summed E-state index contributed by atoms with van der Waals surface area (Å²) < 4.78 is 0. The molecule has 0 amide bonds. The van der Waals surface area contributed by atoms with E-state index in [1.54, 1.807) is 0 Å². The van der Waals surface area contributed by atoms with Crippen molar-refractivity contribution in [3.05, 3.63) is 105 Å². The molecule has 0 nitrogen and oxygen atoms in total. The standard InChI is InChI=1S/C36H39/c1-22(2)30-21-31-28-17-16-26(35(4,5)6)19-25(28)20-32(31)33(34(30)36(7,8)9)29-15-11-14-27(29)24-13-10-12-23(3)18-24/h10-14,16-19,21H,15H2,1-9H3. The molecule has 0 saturated heterocycles. The molecule has 0 fully saturated rings. The lowest BCUT2D eigenvalue weighted by atomic mass is 9.76. The summed E-state index contributed by atoms with van der Waals surface area (Å²) >= 11 is 0. The minimum Gasteiger partial charge on any atom is -0.0795 e. The lowest BCUT2D eigenvalue weighted by Gasteiger charge is -2.27. The van der Waals surface area contributed by atoms with Crippen molar-refractivity contribution in [1.29, 1.82) is 0 Å². The Morgan fingerprint density at radius 2 is 1.58 bits per heavy atom. The molecular formula is C36H39. The Hall–Kier alpha value is -3.12. The predicted octanol–water partition coefficient (Wildman–Crippen LogP) is 8.34. The Labute approximate surface area is 217 Å². The van der Waals surface area contributed by atoms with Crippen LogP contribution in [0.2, 0.25) is 0 Å². The average molecular weight is 472 g/mol. The predicted molar refractivity (Wildman–Crippen MR) is 158 cm³/mol. The molecule has 2 aliphatic rings. The molecule has 0 heteroatoms. The van der Waals surface area contributed by atoms with E-state index in [0.29, 0.717) is 0 Å². The Balaban J connectivity index is 1.92. The normalized spacial score (nSPS) is 14.7. The fourth-order valence-corrected chi connectivity index (χ4v) is 5.81. The summed E-state index contributed by atoms with van der Waals surface area (Å²) in [5, 5.41) is 2.66. The van der Waals surface area contributed by atoms with Crippen LogP contribution in [-0.2, 0) is 10.8 Å². The first kappa shape index (κ1) is 24.6. The zero-order valence-corrected chi connectivity index (χ0v) is 23.5. The third-order valence-corrected chi connectivity index (χ3v) is 7.61. The molecular weight excluding hydrogens is 432 g/mol. The van der Waals surface area contributed by atoms with Gasteiger partial charge in [0.2, 0.25) is 0 Å². The molecule has 0 N–H and O–H groups in total. The van der Waals surface area contributed by atoms with E-state index in [9.17, 15) is 0 Å². The second-order valence-electron chi connectivity index (χ2n) is 12.9. The summed E-state index contributed by atoms with van der Waals surface area (Å²) in [5.41, 5.74) is 14.9. The lowest BCUT2D eigenvalue weighted by Crippen LogP contribution is -2.31. The zero-order chi connectivity index (χ0) is 26.0. The summed E-state index contributed by atoms with van der Waals surface area (Å²) in [6.07, 6.45) is 9.55. The zero-order valence-electron chi connectivity index (χ0n) is 23.5. The number of rotatable bonds is 2. The summed E-state index contributed by atoms with van der Waals surface area (Å²) in [4.78, 5) is 0. The highest BCUT2D eigenvalue weighted by molar-refractivity contribution is 6.01. The van der Waals surface area contributed by atoms with Crippen molar-refractivity contribution in [3.63, 3.8) is 0 Å². The molecule has 5 rings (SSSR count). The van der Waals surface area contributed by atoms with Gasteiger partial charge < -0.3 is 0 Å². The highest BCUT2D eigenvalue weighted by Gasteiger charge is 2.29. The van der Waals surface area contributed by atoms with Gasteiger partial charge in [-0.3, -0.25) is 0 Å². The van der Waals surface area contributed by atoms with Crippen molar-refractivity contribution < 1.29 is 0 Å². The Morgan fingerprint density at radius 3 is 2.22 bits per heavy atom. The summed E-state index contributed by atoms with van der Waals surface area (Å²) in [6, 6.07) is 18.4. The van der Waals surface area contributed by atoms with Crippen molar-refractivity contribution >= 4 is 22.8 Å². The van der Waals surface area contributed by atoms with Crippen LogP contribution in [0, 0.1) is 6.92 Å². The topological polar surface area (TPSA) is 0 Å². The number of benzene rings is 3. The number of aryl methyl sites for hydroxylation is 1. The highest BCUT2D eigenvalue weighted by Crippen LogP contribution is 2.40. The molecule has 0 bridgehead atoms. The van der Waals surface area contributed by atoms with Crippen molar-refractivity contribution in [3.8, 4) is 11.1 Å². The molecule has 183 valence electrons. The first-order chi connectivity index (χ1) is 16.9. The minimum atomic E-state index is -0.00268. The van der Waals surface area contributed by atoms with Crippen molar-refractivity contribution in [2.45, 2.75) is 79.6 Å². The third kappa shape index (κ3) is 4.11. The van der Waals surface area contributed by atoms with E-state index < -0.39 is 0 Å². The van der Waals surface area contributed by atoms with Crippen molar-refractivity contribution in [2.75, 3.05) is 0 Å². The van der Waals surface area contributed by atoms with Crippen LogP contribution < -0.4 is 10.4 Å². The monoisotopic (exact) mass is 471 g/mol. The molecule has 0 heterocycles. The Bertz CT molecular complexity index is 1570. The van der Waals surface area contributed by atoms with Gasteiger partial charge in [-0.1, -0.05) is 101 Å². The van der Waals surface area contributed by atoms with E-state index in [0.717, 1.165) is 6.42 Å². The number of allylic oxidation sites excluding steroid dienone is 4. The second-order valence-corrected chi connectivity index (χ2v) is 12.9. The highest BCUT2D eigenvalue weighted by atomic mass is 14.3. The van der Waals surface area contributed by atoms with Gasteiger partial charge in [-0.15, -0.1) is 0 Å². The van der Waals surface area contributed by atoms with Gasteiger partial charge >= 0.3 is 0 Å². The number of hydrogen-bond acceptors (Lipinski definition) is 0. The molecule has 2 aliphatic carbocycles. The van der Waals surface area contributed by atoms with E-state index in [1.165, 1.54) is 71.7 Å². The van der Waals surface area contributed by atoms with Gasteiger partial charge in [0.15, 0.2) is 0 Å². The van der Waals surface area contributed by atoms with Crippen LogP contribution in [0.5, 0.6) is 0 Å². The van der Waals surface area contributed by atoms with Crippen LogP contribution in [0.3, 0.4) is 0 Å². The molecule has 0 spiro atoms. The summed E-state index contributed by atoms with van der Waals surface area (Å²) in [5.74, 6) is 0. The van der Waals surface area contributed by atoms with Crippen LogP contribution in [0.1, 0.15) is 95.2 Å². The molecule has 1 radical (unpaired) electrons. The molecule has 0 aliphatic heterocycles. The number of hydrogen-bond donors (Lipinski definition) is 0. The largest absolute Gasteiger partial charge is 0.0795 e. The minimum absolute atomic E-state index is 0.00268. The SMILES string of the molecule is CC(C)=c1cc2c(c(C3=C(c4cccc(C)c4)C=CC3)c1C(C)(C)C)=[C]c1cc(C(C)(C)C)ccc1-2. The second kappa shape index (κ2) is 8.48. The van der Waals surface area contributed by atoms with Gasteiger partial charge in [0.05, 0.1) is 0 Å². The molecule has 0 saturated carbocycles. The van der Waals surface area contributed by atoms with E-state index >= 15 is 0 Å². The van der Waals surface area contributed by atoms with E-state index in [4.69, 9.17) is 0 Å². The van der Waals surface area contributed by atoms with Gasteiger partial charge in [0.25, 0.3) is 0 Å². The van der Waals surface area contributed by atoms with Crippen LogP contribution >= 0.6 is 0 Å². The average Bonchev–Trinajstić information content (AvgIpc) is 3.41. The van der Waals surface area contributed by atoms with E-state index in [1.807, 2.05) is 0 Å². The van der Waals surface area contributed by atoms with Crippen LogP contribution in [0.4, 0.5) is 0 Å². The lowest BCUT2D eigenvalue weighted by molar-refractivity contribution is 0.583. The molecule has 3 aromatic rings. The molecule has 3 aromatic carbocycles. The molecule has 0 unspecified atom stereocenters. The van der Waals surface area contributed by atoms with Gasteiger partial charge in [-0.05, 0) is 117 Å². The Morgan fingerprint density at radius 1 is 0.833 bits per heavy atom. The fourth-order valence-electron chi connectivity index (χ4n) is 5.81. The molecule has 0 atom stereocenters. The van der Waals surface area contributed by atoms with Gasteiger partial charge in [0, 0.05) is 0 Å². The van der Waals surface area contributed by atoms with Gasteiger partial charge in [-0.25, -0.2) is 0 Å². The first-order valence-electron chi connectivity index (χ1n) is 13.3. The molecule has 36 heavy (non-hydrogen) atoms. The van der Waals surface area contributed by atoms with Gasteiger partial charge in [-0.2, -0.15) is 0 Å². The maximum absolute atomic E-state index is 3.93. The van der Waals surface area contributed by atoms with Crippen LogP contribution in [0.25, 0.3) is 33.9 Å². The smallest absolute Gasteiger partial charge is 0.000731 e. The van der Waals surface area contributed by atoms with E-state index in [2.05, 4.69) is 129 Å². The van der Waals surface area contributed by atoms with Crippen LogP contribution in [0.15, 0.2) is 60.7 Å². The maximum Gasteiger partial charge on any atom is -0.000731 e. The van der Waals surface area contributed by atoms with Crippen LogP contribution in [-0.4, -0.2) is 0 Å². The first-order valence-corrected chi connectivity index (χ1v) is 13.3. The van der Waals surface area contributed by atoms with E-state index in [-0.39, 0.29) is 10.8 Å². The van der Waals surface area contributed by atoms with Crippen molar-refractivity contribution in [2.24, 2.45) is 0 Å². The van der Waals surface area contributed by atoms with Gasteiger partial charge in [0.1, 0.15) is 0 Å². The Kier molecular flexibility index (Phi) is 5.79. The summed E-state index contributed by atoms with van der Waals surface area (Å²) in [6.45, 7) is 20.6. The van der Waals surface area contributed by atoms with Crippen molar-refractivity contribution in [1.82, 2.24) is 0 Å².